The minimum absolute atomic E-state index is 0.0328. The summed E-state index contributed by atoms with van der Waals surface area (Å²) in [4.78, 5) is 2.37. The molecule has 0 N–H and O–H groups in total. The summed E-state index contributed by atoms with van der Waals surface area (Å²) in [5.41, 5.74) is 1.05. The average Bonchev–Trinajstić information content (AvgIpc) is 2.73. The van der Waals surface area contributed by atoms with Crippen LogP contribution in [0.4, 0.5) is 0 Å². The van der Waals surface area contributed by atoms with Crippen molar-refractivity contribution in [1.82, 2.24) is 9.21 Å². The van der Waals surface area contributed by atoms with Gasteiger partial charge in [0.15, 0.2) is 11.5 Å². The first kappa shape index (κ1) is 20.4. The van der Waals surface area contributed by atoms with Gasteiger partial charge >= 0.3 is 0 Å². The Bertz CT molecular complexity index is 915. The van der Waals surface area contributed by atoms with Crippen molar-refractivity contribution >= 4 is 10.0 Å². The fourth-order valence-corrected chi connectivity index (χ4v) is 4.83. The largest absolute Gasteiger partial charge is 0.497 e. The molecular weight excluding hydrogens is 380 g/mol. The van der Waals surface area contributed by atoms with Gasteiger partial charge in [-0.3, -0.25) is 4.90 Å². The van der Waals surface area contributed by atoms with Gasteiger partial charge < -0.3 is 14.2 Å². The van der Waals surface area contributed by atoms with Crippen molar-refractivity contribution in [2.45, 2.75) is 10.9 Å². The van der Waals surface area contributed by atoms with Crippen molar-refractivity contribution in [3.05, 3.63) is 48.0 Å². The average molecular weight is 407 g/mol. The Balaban J connectivity index is 1.87. The molecule has 1 heterocycles. The number of rotatable bonds is 6. The van der Waals surface area contributed by atoms with Crippen molar-refractivity contribution in [2.24, 2.45) is 0 Å². The van der Waals surface area contributed by atoms with Gasteiger partial charge in [-0.25, -0.2) is 8.42 Å². The monoisotopic (exact) mass is 406 g/mol. The van der Waals surface area contributed by atoms with Crippen molar-refractivity contribution in [2.75, 3.05) is 48.0 Å². The van der Waals surface area contributed by atoms with Crippen LogP contribution in [0.15, 0.2) is 47.4 Å². The molecule has 7 nitrogen and oxygen atoms in total. The summed E-state index contributed by atoms with van der Waals surface area (Å²) in [6, 6.07) is 12.4. The van der Waals surface area contributed by atoms with Crippen LogP contribution in [0.5, 0.6) is 17.2 Å². The van der Waals surface area contributed by atoms with Gasteiger partial charge in [0.25, 0.3) is 0 Å². The maximum atomic E-state index is 13.2. The molecule has 1 unspecified atom stereocenters. The molecule has 8 heteroatoms. The number of hydrogen-bond donors (Lipinski definition) is 0. The second-order valence-electron chi connectivity index (χ2n) is 6.65. The van der Waals surface area contributed by atoms with Crippen LogP contribution in [-0.2, 0) is 10.0 Å². The molecule has 1 atom stereocenters. The molecule has 28 heavy (non-hydrogen) atoms. The van der Waals surface area contributed by atoms with E-state index in [1.807, 2.05) is 31.3 Å². The van der Waals surface area contributed by atoms with Crippen molar-refractivity contribution in [1.29, 1.82) is 0 Å². The number of hydrogen-bond acceptors (Lipinski definition) is 6. The van der Waals surface area contributed by atoms with Gasteiger partial charge in [0.05, 0.1) is 26.2 Å². The predicted molar refractivity (Wildman–Crippen MR) is 107 cm³/mol. The Hall–Kier alpha value is -2.29. The number of sulfonamides is 1. The molecular formula is C20H26N2O5S. The highest BCUT2D eigenvalue weighted by Gasteiger charge is 2.34. The lowest BCUT2D eigenvalue weighted by Gasteiger charge is -2.39. The van der Waals surface area contributed by atoms with Crippen LogP contribution in [-0.4, -0.2) is 65.6 Å². The predicted octanol–water partition coefficient (Wildman–Crippen LogP) is 2.39. The second kappa shape index (κ2) is 8.38. The highest BCUT2D eigenvalue weighted by Crippen LogP contribution is 2.33. The number of benzene rings is 2. The topological polar surface area (TPSA) is 68.3 Å². The van der Waals surface area contributed by atoms with Crippen LogP contribution in [0.1, 0.15) is 11.6 Å². The Labute approximate surface area is 166 Å². The number of likely N-dealkylation sites (N-methyl/N-ethyl adjacent to an activating group) is 1. The summed E-state index contributed by atoms with van der Waals surface area (Å²) in [6.45, 7) is 1.45. The SMILES string of the molecule is COc1ccc(C2CN(S(=O)(=O)c3ccc(OC)c(OC)c3)CCN2C)cc1. The van der Waals surface area contributed by atoms with E-state index in [9.17, 15) is 8.42 Å². The molecule has 0 spiro atoms. The van der Waals surface area contributed by atoms with Gasteiger partial charge in [0.2, 0.25) is 10.0 Å². The molecule has 0 aliphatic carbocycles. The standard InChI is InChI=1S/C20H26N2O5S/c1-21-11-12-22(14-18(21)15-5-7-16(25-2)8-6-15)28(23,24)17-9-10-19(26-3)20(13-17)27-4/h5-10,13,18H,11-12,14H2,1-4H3. The molecule has 0 saturated carbocycles. The first-order valence-corrected chi connectivity index (χ1v) is 10.4. The zero-order valence-electron chi connectivity index (χ0n) is 16.6. The third kappa shape index (κ3) is 3.94. The highest BCUT2D eigenvalue weighted by atomic mass is 32.2. The van der Waals surface area contributed by atoms with Gasteiger partial charge in [-0.05, 0) is 36.9 Å². The van der Waals surface area contributed by atoms with E-state index in [4.69, 9.17) is 14.2 Å². The van der Waals surface area contributed by atoms with E-state index in [2.05, 4.69) is 4.90 Å². The van der Waals surface area contributed by atoms with Crippen LogP contribution < -0.4 is 14.2 Å². The molecule has 0 bridgehead atoms. The summed E-state index contributed by atoms with van der Waals surface area (Å²) in [5, 5.41) is 0. The summed E-state index contributed by atoms with van der Waals surface area (Å²) in [5.74, 6) is 1.66. The van der Waals surface area contributed by atoms with Crippen LogP contribution in [0.2, 0.25) is 0 Å². The quantitative estimate of drug-likeness (QED) is 0.734. The summed E-state index contributed by atoms with van der Waals surface area (Å²) >= 11 is 0. The normalized spacial score (nSPS) is 18.6. The third-order valence-electron chi connectivity index (χ3n) is 5.10. The minimum Gasteiger partial charge on any atom is -0.497 e. The molecule has 3 rings (SSSR count). The highest BCUT2D eigenvalue weighted by molar-refractivity contribution is 7.89. The molecule has 0 amide bonds. The van der Waals surface area contributed by atoms with Gasteiger partial charge in [-0.2, -0.15) is 4.31 Å². The lowest BCUT2D eigenvalue weighted by atomic mass is 10.0. The molecule has 152 valence electrons. The van der Waals surface area contributed by atoms with E-state index >= 15 is 0 Å². The van der Waals surface area contributed by atoms with E-state index in [0.717, 1.165) is 11.3 Å². The van der Waals surface area contributed by atoms with E-state index in [1.54, 1.807) is 19.2 Å². The minimum atomic E-state index is -3.65. The van der Waals surface area contributed by atoms with Crippen molar-refractivity contribution < 1.29 is 22.6 Å². The zero-order valence-corrected chi connectivity index (χ0v) is 17.4. The van der Waals surface area contributed by atoms with Crippen molar-refractivity contribution in [3.63, 3.8) is 0 Å². The van der Waals surface area contributed by atoms with Crippen LogP contribution in [0, 0.1) is 0 Å². The fraction of sp³-hybridized carbons (Fsp3) is 0.400. The van der Waals surface area contributed by atoms with E-state index in [1.165, 1.54) is 24.6 Å². The Morgan fingerprint density at radius 1 is 0.893 bits per heavy atom. The van der Waals surface area contributed by atoms with E-state index in [-0.39, 0.29) is 10.9 Å². The van der Waals surface area contributed by atoms with Crippen molar-refractivity contribution in [3.8, 4) is 17.2 Å². The van der Waals surface area contributed by atoms with Crippen LogP contribution in [0.25, 0.3) is 0 Å². The Morgan fingerprint density at radius 3 is 2.18 bits per heavy atom. The third-order valence-corrected chi connectivity index (χ3v) is 6.97. The number of piperazine rings is 1. The lowest BCUT2D eigenvalue weighted by molar-refractivity contribution is 0.148. The van der Waals surface area contributed by atoms with Crippen LogP contribution >= 0.6 is 0 Å². The number of ether oxygens (including phenoxy) is 3. The molecule has 1 saturated heterocycles. The van der Waals surface area contributed by atoms with E-state index < -0.39 is 10.0 Å². The molecule has 2 aromatic rings. The van der Waals surface area contributed by atoms with Gasteiger partial charge in [0.1, 0.15) is 5.75 Å². The van der Waals surface area contributed by atoms with E-state index in [0.29, 0.717) is 31.1 Å². The molecule has 1 aliphatic rings. The molecule has 1 fully saturated rings. The Kier molecular flexibility index (Phi) is 6.12. The summed E-state index contributed by atoms with van der Waals surface area (Å²) in [7, 11) is 2.99. The molecule has 2 aromatic carbocycles. The summed E-state index contributed by atoms with van der Waals surface area (Å²) in [6.07, 6.45) is 0. The molecule has 1 aliphatic heterocycles. The summed E-state index contributed by atoms with van der Waals surface area (Å²) < 4.78 is 43.7. The maximum absolute atomic E-state index is 13.2. The number of nitrogens with zero attached hydrogens (tertiary/aromatic N) is 2. The fourth-order valence-electron chi connectivity index (χ4n) is 3.38. The smallest absolute Gasteiger partial charge is 0.243 e. The van der Waals surface area contributed by atoms with Gasteiger partial charge in [-0.15, -0.1) is 0 Å². The van der Waals surface area contributed by atoms with Crippen LogP contribution in [0.3, 0.4) is 0 Å². The van der Waals surface area contributed by atoms with Gasteiger partial charge in [0, 0.05) is 31.7 Å². The first-order valence-electron chi connectivity index (χ1n) is 8.97. The maximum Gasteiger partial charge on any atom is 0.243 e. The first-order chi connectivity index (χ1) is 13.4. The molecule has 0 aromatic heterocycles. The second-order valence-corrected chi connectivity index (χ2v) is 8.59. The van der Waals surface area contributed by atoms with Gasteiger partial charge in [-0.1, -0.05) is 12.1 Å². The lowest BCUT2D eigenvalue weighted by Crippen LogP contribution is -2.48. The molecule has 0 radical (unpaired) electrons. The Morgan fingerprint density at radius 2 is 1.57 bits per heavy atom. The zero-order chi connectivity index (χ0) is 20.3. The number of methoxy groups -OCH3 is 3.